The highest BCUT2D eigenvalue weighted by atomic mass is 32.2. The summed E-state index contributed by atoms with van der Waals surface area (Å²) in [4.78, 5) is 13.7. The number of Topliss-reactive ketones (excluding diaryl/α,β-unsaturated/α-hetero) is 1. The van der Waals surface area contributed by atoms with Crippen molar-refractivity contribution in [2.24, 2.45) is 0 Å². The quantitative estimate of drug-likeness (QED) is 0.517. The van der Waals surface area contributed by atoms with E-state index in [1.165, 1.54) is 5.56 Å². The van der Waals surface area contributed by atoms with Crippen LogP contribution in [0.3, 0.4) is 0 Å². The van der Waals surface area contributed by atoms with E-state index < -0.39 is 9.84 Å². The molecule has 3 aromatic rings. The first-order chi connectivity index (χ1) is 15.4. The van der Waals surface area contributed by atoms with Crippen LogP contribution in [0.2, 0.25) is 0 Å². The molecule has 1 aliphatic heterocycles. The number of fused-ring (bicyclic) bond motifs is 1. The van der Waals surface area contributed by atoms with Crippen LogP contribution >= 0.6 is 0 Å². The minimum atomic E-state index is -3.21. The van der Waals surface area contributed by atoms with Crippen molar-refractivity contribution in [2.75, 3.05) is 12.4 Å². The van der Waals surface area contributed by atoms with E-state index in [9.17, 15) is 13.2 Å². The number of sulfone groups is 1. The molecule has 1 fully saturated rings. The van der Waals surface area contributed by atoms with Crippen LogP contribution in [0.4, 0.5) is 0 Å². The van der Waals surface area contributed by atoms with Gasteiger partial charge < -0.3 is 4.74 Å². The highest BCUT2D eigenvalue weighted by Crippen LogP contribution is 2.51. The topological polar surface area (TPSA) is 60.4 Å². The molecule has 1 saturated carbocycles. The fraction of sp³-hybridized carbons (Fsp3) is 0.296. The average molecular weight is 447 g/mol. The molecule has 0 atom stereocenters. The normalized spacial score (nSPS) is 16.3. The van der Waals surface area contributed by atoms with E-state index >= 15 is 0 Å². The van der Waals surface area contributed by atoms with E-state index in [1.807, 2.05) is 36.4 Å². The minimum absolute atomic E-state index is 0.0854. The monoisotopic (exact) mass is 446 g/mol. The van der Waals surface area contributed by atoms with E-state index in [4.69, 9.17) is 4.74 Å². The maximum atomic E-state index is 13.3. The molecule has 164 valence electrons. The maximum Gasteiger partial charge on any atom is 0.178 e. The zero-order valence-electron chi connectivity index (χ0n) is 18.1. The number of ketones is 1. The molecule has 0 bridgehead atoms. The Labute approximate surface area is 189 Å². The van der Waals surface area contributed by atoms with Gasteiger partial charge in [-0.05, 0) is 58.9 Å². The average Bonchev–Trinajstić information content (AvgIpc) is 3.50. The van der Waals surface area contributed by atoms with Gasteiger partial charge in [-0.3, -0.25) is 4.79 Å². The van der Waals surface area contributed by atoms with Crippen LogP contribution in [-0.2, 0) is 32.9 Å². The summed E-state index contributed by atoms with van der Waals surface area (Å²) in [5, 5.41) is 0. The summed E-state index contributed by atoms with van der Waals surface area (Å²) in [6, 6.07) is 21.2. The van der Waals surface area contributed by atoms with Gasteiger partial charge in [-0.1, -0.05) is 55.5 Å². The van der Waals surface area contributed by atoms with Crippen LogP contribution in [-0.4, -0.2) is 26.6 Å². The van der Waals surface area contributed by atoms with E-state index in [-0.39, 0.29) is 17.0 Å². The lowest BCUT2D eigenvalue weighted by Crippen LogP contribution is -2.22. The van der Waals surface area contributed by atoms with Gasteiger partial charge in [-0.25, -0.2) is 8.42 Å². The van der Waals surface area contributed by atoms with Crippen molar-refractivity contribution < 1.29 is 17.9 Å². The molecule has 0 unspecified atom stereocenters. The Morgan fingerprint density at radius 3 is 2.47 bits per heavy atom. The summed E-state index contributed by atoms with van der Waals surface area (Å²) in [7, 11) is -3.21. The molecule has 5 heteroatoms. The van der Waals surface area contributed by atoms with Gasteiger partial charge in [-0.15, -0.1) is 0 Å². The smallest absolute Gasteiger partial charge is 0.178 e. The van der Waals surface area contributed by atoms with Crippen LogP contribution in [0.5, 0.6) is 5.75 Å². The first kappa shape index (κ1) is 21.0. The van der Waals surface area contributed by atoms with Gasteiger partial charge in [0, 0.05) is 12.8 Å². The molecule has 0 N–H and O–H groups in total. The Morgan fingerprint density at radius 1 is 0.969 bits per heavy atom. The SMILES string of the molecule is CCS(=O)(=O)c1ccc(-c2cccc(CC(=O)C3(c4ccc5c(c4)OCC5)CC3)c2)cc1. The maximum absolute atomic E-state index is 13.3. The molecule has 0 spiro atoms. The molecule has 1 heterocycles. The van der Waals surface area contributed by atoms with Crippen LogP contribution in [0, 0.1) is 0 Å². The van der Waals surface area contributed by atoms with Crippen LogP contribution in [0.25, 0.3) is 11.1 Å². The van der Waals surface area contributed by atoms with E-state index in [0.29, 0.717) is 11.3 Å². The standard InChI is InChI=1S/C27H26O4S/c1-2-32(29,30)24-10-7-20(8-11-24)22-5-3-4-19(16-22)17-26(28)27(13-14-27)23-9-6-21-12-15-31-25(21)18-23/h3-11,16,18H,2,12-15,17H2,1H3. The third kappa shape index (κ3) is 3.75. The predicted octanol–water partition coefficient (Wildman–Crippen LogP) is 4.93. The van der Waals surface area contributed by atoms with Crippen molar-refractivity contribution >= 4 is 15.6 Å². The van der Waals surface area contributed by atoms with Gasteiger partial charge in [0.05, 0.1) is 22.7 Å². The van der Waals surface area contributed by atoms with E-state index in [1.54, 1.807) is 19.1 Å². The minimum Gasteiger partial charge on any atom is -0.493 e. The summed E-state index contributed by atoms with van der Waals surface area (Å²) >= 11 is 0. The van der Waals surface area contributed by atoms with Gasteiger partial charge >= 0.3 is 0 Å². The summed E-state index contributed by atoms with van der Waals surface area (Å²) in [5.41, 5.74) is 4.81. The molecule has 32 heavy (non-hydrogen) atoms. The molecule has 2 aliphatic rings. The Balaban J connectivity index is 1.36. The number of carbonyl (C=O) groups is 1. The van der Waals surface area contributed by atoms with E-state index in [0.717, 1.165) is 53.9 Å². The summed E-state index contributed by atoms with van der Waals surface area (Å²) < 4.78 is 29.8. The largest absolute Gasteiger partial charge is 0.493 e. The fourth-order valence-corrected chi connectivity index (χ4v) is 5.44. The molecule has 4 nitrogen and oxygen atoms in total. The van der Waals surface area contributed by atoms with Crippen molar-refractivity contribution in [3.8, 4) is 16.9 Å². The van der Waals surface area contributed by atoms with Crippen molar-refractivity contribution in [1.29, 1.82) is 0 Å². The molecule has 0 radical (unpaired) electrons. The number of hydrogen-bond donors (Lipinski definition) is 0. The molecule has 0 saturated heterocycles. The second-order valence-electron chi connectivity index (χ2n) is 8.73. The van der Waals surface area contributed by atoms with Gasteiger partial charge in [0.1, 0.15) is 11.5 Å². The molecule has 0 aromatic heterocycles. The zero-order valence-corrected chi connectivity index (χ0v) is 19.0. The third-order valence-electron chi connectivity index (χ3n) is 6.75. The summed E-state index contributed by atoms with van der Waals surface area (Å²) in [6.45, 7) is 2.37. The van der Waals surface area contributed by atoms with Gasteiger partial charge in [0.2, 0.25) is 0 Å². The first-order valence-electron chi connectivity index (χ1n) is 11.1. The number of rotatable bonds is 7. The Morgan fingerprint density at radius 2 is 1.75 bits per heavy atom. The zero-order chi connectivity index (χ0) is 22.3. The van der Waals surface area contributed by atoms with Gasteiger partial charge in [0.15, 0.2) is 9.84 Å². The van der Waals surface area contributed by atoms with E-state index in [2.05, 4.69) is 18.2 Å². The second kappa shape index (κ2) is 7.89. The van der Waals surface area contributed by atoms with Crippen molar-refractivity contribution in [3.63, 3.8) is 0 Å². The Bertz CT molecular complexity index is 1290. The molecule has 5 rings (SSSR count). The molecular formula is C27H26O4S. The predicted molar refractivity (Wildman–Crippen MR) is 125 cm³/mol. The third-order valence-corrected chi connectivity index (χ3v) is 8.50. The number of benzene rings is 3. The van der Waals surface area contributed by atoms with Crippen LogP contribution in [0.1, 0.15) is 36.5 Å². The Hall–Kier alpha value is -2.92. The Kier molecular flexibility index (Phi) is 5.17. The first-order valence-corrected chi connectivity index (χ1v) is 12.8. The van der Waals surface area contributed by atoms with Crippen molar-refractivity contribution in [2.45, 2.75) is 42.9 Å². The van der Waals surface area contributed by atoms with Crippen LogP contribution in [0.15, 0.2) is 71.6 Å². The van der Waals surface area contributed by atoms with Gasteiger partial charge in [-0.2, -0.15) is 0 Å². The lowest BCUT2D eigenvalue weighted by Gasteiger charge is -2.16. The molecule has 1 aliphatic carbocycles. The number of ether oxygens (including phenoxy) is 1. The van der Waals surface area contributed by atoms with Crippen molar-refractivity contribution in [1.82, 2.24) is 0 Å². The highest BCUT2D eigenvalue weighted by Gasteiger charge is 2.50. The molecule has 3 aromatic carbocycles. The molecular weight excluding hydrogens is 420 g/mol. The number of hydrogen-bond acceptors (Lipinski definition) is 4. The van der Waals surface area contributed by atoms with Crippen molar-refractivity contribution in [3.05, 3.63) is 83.4 Å². The number of carbonyl (C=O) groups excluding carboxylic acids is 1. The lowest BCUT2D eigenvalue weighted by atomic mass is 9.87. The molecule has 0 amide bonds. The second-order valence-corrected chi connectivity index (χ2v) is 11.0. The summed E-state index contributed by atoms with van der Waals surface area (Å²) in [6.07, 6.45) is 3.10. The fourth-order valence-electron chi connectivity index (χ4n) is 4.55. The van der Waals surface area contributed by atoms with Crippen LogP contribution < -0.4 is 4.74 Å². The lowest BCUT2D eigenvalue weighted by molar-refractivity contribution is -0.120. The highest BCUT2D eigenvalue weighted by molar-refractivity contribution is 7.91. The summed E-state index contributed by atoms with van der Waals surface area (Å²) in [5.74, 6) is 1.26. The van der Waals surface area contributed by atoms with Gasteiger partial charge in [0.25, 0.3) is 0 Å².